The van der Waals surface area contributed by atoms with E-state index in [9.17, 15) is 4.79 Å². The molecule has 0 aliphatic rings. The number of fused-ring (bicyclic) bond motifs is 1. The molecule has 4 nitrogen and oxygen atoms in total. The van der Waals surface area contributed by atoms with E-state index in [2.05, 4.69) is 64.0 Å². The maximum absolute atomic E-state index is 12.3. The Balaban J connectivity index is 1.63. The first-order valence-corrected chi connectivity index (χ1v) is 9.40. The highest BCUT2D eigenvalue weighted by molar-refractivity contribution is 7.10. The molecule has 0 aliphatic heterocycles. The molecule has 1 unspecified atom stereocenters. The molecular weight excluding hydrogens is 342 g/mol. The molecule has 1 atom stereocenters. The van der Waals surface area contributed by atoms with Gasteiger partial charge in [-0.2, -0.15) is 0 Å². The molecule has 4 aromatic rings. The number of thiophene rings is 1. The number of para-hydroxylation sites is 1. The molecule has 0 saturated carbocycles. The number of nitrogens with zero attached hydrogens (tertiary/aromatic N) is 1. The maximum Gasteiger partial charge on any atom is 0.258 e. The molecule has 26 heavy (non-hydrogen) atoms. The first-order chi connectivity index (χ1) is 12.7. The van der Waals surface area contributed by atoms with Gasteiger partial charge in [0.25, 0.3) is 5.56 Å². The van der Waals surface area contributed by atoms with Gasteiger partial charge in [-0.25, -0.2) is 4.98 Å². The van der Waals surface area contributed by atoms with Gasteiger partial charge in [0.05, 0.1) is 23.5 Å². The molecule has 4 rings (SSSR count). The Kier molecular flexibility index (Phi) is 4.65. The fraction of sp³-hybridized carbons (Fsp3) is 0.143. The smallest absolute Gasteiger partial charge is 0.258 e. The van der Waals surface area contributed by atoms with E-state index < -0.39 is 0 Å². The normalized spacial score (nSPS) is 12.3. The van der Waals surface area contributed by atoms with Gasteiger partial charge in [-0.1, -0.05) is 48.0 Å². The standard InChI is InChI=1S/C21H19N3OS/c1-14-8-10-15(11-9-14)20(18-7-4-12-26-18)22-13-19-23-17-6-3-2-5-16(17)21(25)24-19/h2-12,20,22H,13H2,1H3,(H,23,24,25). The van der Waals surface area contributed by atoms with Gasteiger partial charge in [-0.05, 0) is 36.1 Å². The Labute approximate surface area is 155 Å². The van der Waals surface area contributed by atoms with E-state index >= 15 is 0 Å². The van der Waals surface area contributed by atoms with Crippen LogP contribution in [0.5, 0.6) is 0 Å². The zero-order chi connectivity index (χ0) is 17.9. The lowest BCUT2D eigenvalue weighted by Gasteiger charge is -2.18. The Morgan fingerprint density at radius 1 is 1.08 bits per heavy atom. The molecule has 2 aromatic heterocycles. The first kappa shape index (κ1) is 16.7. The molecule has 2 aromatic carbocycles. The lowest BCUT2D eigenvalue weighted by molar-refractivity contribution is 0.594. The zero-order valence-corrected chi connectivity index (χ0v) is 15.2. The van der Waals surface area contributed by atoms with Crippen molar-refractivity contribution in [3.63, 3.8) is 0 Å². The Morgan fingerprint density at radius 2 is 1.88 bits per heavy atom. The summed E-state index contributed by atoms with van der Waals surface area (Å²) < 4.78 is 0. The van der Waals surface area contributed by atoms with E-state index in [1.165, 1.54) is 16.0 Å². The van der Waals surface area contributed by atoms with Crippen molar-refractivity contribution in [1.29, 1.82) is 0 Å². The van der Waals surface area contributed by atoms with Crippen LogP contribution in [-0.4, -0.2) is 9.97 Å². The van der Waals surface area contributed by atoms with E-state index in [0.29, 0.717) is 17.8 Å². The van der Waals surface area contributed by atoms with E-state index in [4.69, 9.17) is 0 Å². The van der Waals surface area contributed by atoms with Crippen molar-refractivity contribution in [2.75, 3.05) is 0 Å². The topological polar surface area (TPSA) is 57.8 Å². The molecule has 0 aliphatic carbocycles. The van der Waals surface area contributed by atoms with Gasteiger partial charge < -0.3 is 4.98 Å². The summed E-state index contributed by atoms with van der Waals surface area (Å²) in [5, 5.41) is 6.24. The minimum absolute atomic E-state index is 0.0624. The molecule has 2 N–H and O–H groups in total. The number of H-pyrrole nitrogens is 1. The summed E-state index contributed by atoms with van der Waals surface area (Å²) in [4.78, 5) is 21.0. The van der Waals surface area contributed by atoms with Crippen LogP contribution >= 0.6 is 11.3 Å². The van der Waals surface area contributed by atoms with E-state index in [0.717, 1.165) is 5.52 Å². The molecule has 5 heteroatoms. The maximum atomic E-state index is 12.3. The quantitative estimate of drug-likeness (QED) is 0.561. The fourth-order valence-electron chi connectivity index (χ4n) is 3.01. The summed E-state index contributed by atoms with van der Waals surface area (Å²) in [7, 11) is 0. The number of benzene rings is 2. The zero-order valence-electron chi connectivity index (χ0n) is 14.4. The number of rotatable bonds is 5. The average molecular weight is 361 g/mol. The lowest BCUT2D eigenvalue weighted by atomic mass is 10.0. The minimum atomic E-state index is -0.101. The van der Waals surface area contributed by atoms with Gasteiger partial charge in [0.1, 0.15) is 5.82 Å². The van der Waals surface area contributed by atoms with Gasteiger partial charge in [0.2, 0.25) is 0 Å². The molecular formula is C21H19N3OS. The number of aryl methyl sites for hydroxylation is 1. The Bertz CT molecular complexity index is 1070. The van der Waals surface area contributed by atoms with Crippen LogP contribution in [0.15, 0.2) is 70.8 Å². The highest BCUT2D eigenvalue weighted by Gasteiger charge is 2.15. The van der Waals surface area contributed by atoms with Crippen molar-refractivity contribution >= 4 is 22.2 Å². The monoisotopic (exact) mass is 361 g/mol. The van der Waals surface area contributed by atoms with Crippen LogP contribution < -0.4 is 10.9 Å². The minimum Gasteiger partial charge on any atom is -0.309 e. The summed E-state index contributed by atoms with van der Waals surface area (Å²) in [6, 6.07) is 20.2. The summed E-state index contributed by atoms with van der Waals surface area (Å²) in [6.07, 6.45) is 0. The lowest BCUT2D eigenvalue weighted by Crippen LogP contribution is -2.24. The molecule has 0 bridgehead atoms. The first-order valence-electron chi connectivity index (χ1n) is 8.52. The van der Waals surface area contributed by atoms with Gasteiger partial charge in [-0.3, -0.25) is 10.1 Å². The van der Waals surface area contributed by atoms with Crippen LogP contribution in [0.3, 0.4) is 0 Å². The van der Waals surface area contributed by atoms with Crippen LogP contribution in [0.25, 0.3) is 10.9 Å². The number of hydrogen-bond acceptors (Lipinski definition) is 4. The van der Waals surface area contributed by atoms with E-state index in [1.807, 2.05) is 18.2 Å². The number of hydrogen-bond donors (Lipinski definition) is 2. The number of aromatic amines is 1. The molecule has 0 fully saturated rings. The molecule has 0 radical (unpaired) electrons. The largest absolute Gasteiger partial charge is 0.309 e. The third-order valence-corrected chi connectivity index (χ3v) is 5.31. The summed E-state index contributed by atoms with van der Waals surface area (Å²) in [5.74, 6) is 0.641. The second-order valence-electron chi connectivity index (χ2n) is 6.27. The van der Waals surface area contributed by atoms with Crippen LogP contribution in [0, 0.1) is 6.92 Å². The van der Waals surface area contributed by atoms with Crippen LogP contribution in [0.4, 0.5) is 0 Å². The van der Waals surface area contributed by atoms with Crippen molar-refractivity contribution < 1.29 is 0 Å². The van der Waals surface area contributed by atoms with E-state index in [1.54, 1.807) is 17.4 Å². The molecule has 130 valence electrons. The van der Waals surface area contributed by atoms with Gasteiger partial charge in [-0.15, -0.1) is 11.3 Å². The summed E-state index contributed by atoms with van der Waals surface area (Å²) in [6.45, 7) is 2.57. The number of aromatic nitrogens is 2. The average Bonchev–Trinajstić information content (AvgIpc) is 3.18. The van der Waals surface area contributed by atoms with Crippen molar-refractivity contribution in [2.24, 2.45) is 0 Å². The Morgan fingerprint density at radius 3 is 2.65 bits per heavy atom. The number of nitrogens with one attached hydrogen (secondary N) is 2. The second-order valence-corrected chi connectivity index (χ2v) is 7.25. The molecule has 2 heterocycles. The van der Waals surface area contributed by atoms with Gasteiger partial charge in [0, 0.05) is 4.88 Å². The van der Waals surface area contributed by atoms with Crippen LogP contribution in [0.2, 0.25) is 0 Å². The highest BCUT2D eigenvalue weighted by Crippen LogP contribution is 2.26. The van der Waals surface area contributed by atoms with Crippen molar-refractivity contribution in [1.82, 2.24) is 15.3 Å². The van der Waals surface area contributed by atoms with Crippen molar-refractivity contribution in [2.45, 2.75) is 19.5 Å². The van der Waals surface area contributed by atoms with Crippen LogP contribution in [0.1, 0.15) is 27.9 Å². The predicted molar refractivity (Wildman–Crippen MR) is 107 cm³/mol. The second kappa shape index (κ2) is 7.23. The highest BCUT2D eigenvalue weighted by atomic mass is 32.1. The molecule has 0 spiro atoms. The fourth-order valence-corrected chi connectivity index (χ4v) is 3.84. The third-order valence-electron chi connectivity index (χ3n) is 4.37. The SMILES string of the molecule is Cc1ccc(C(NCc2nc3ccccc3c(=O)[nH]2)c2cccs2)cc1. The van der Waals surface area contributed by atoms with E-state index in [-0.39, 0.29) is 11.6 Å². The molecule has 0 amide bonds. The summed E-state index contributed by atoms with van der Waals surface area (Å²) >= 11 is 1.72. The third kappa shape index (κ3) is 3.45. The van der Waals surface area contributed by atoms with Gasteiger partial charge in [0.15, 0.2) is 0 Å². The van der Waals surface area contributed by atoms with Crippen molar-refractivity contribution in [3.8, 4) is 0 Å². The molecule has 0 saturated heterocycles. The Hall–Kier alpha value is -2.76. The van der Waals surface area contributed by atoms with Crippen LogP contribution in [-0.2, 0) is 6.54 Å². The van der Waals surface area contributed by atoms with Gasteiger partial charge >= 0.3 is 0 Å². The predicted octanol–water partition coefficient (Wildman–Crippen LogP) is 4.17. The summed E-state index contributed by atoms with van der Waals surface area (Å²) in [5.41, 5.74) is 3.05. The van der Waals surface area contributed by atoms with Crippen molar-refractivity contribution in [3.05, 3.63) is 98.2 Å².